The predicted molar refractivity (Wildman–Crippen MR) is 87.8 cm³/mol. The molecular formula is C14H21ClF2N2O2S. The fraction of sp³-hybridized carbons (Fsp3) is 0.500. The molecule has 126 valence electrons. The first-order valence-electron chi connectivity index (χ1n) is 6.47. The Hall–Kier alpha value is -1.05. The van der Waals surface area contributed by atoms with Gasteiger partial charge in [-0.15, -0.1) is 12.4 Å². The van der Waals surface area contributed by atoms with Gasteiger partial charge >= 0.3 is 6.61 Å². The highest BCUT2D eigenvalue weighted by Gasteiger charge is 2.17. The van der Waals surface area contributed by atoms with Crippen molar-refractivity contribution in [3.63, 3.8) is 0 Å². The van der Waals surface area contributed by atoms with Crippen molar-refractivity contribution >= 4 is 30.1 Å². The molecule has 0 fully saturated rings. The van der Waals surface area contributed by atoms with Gasteiger partial charge in [-0.05, 0) is 36.1 Å². The molecule has 0 aliphatic carbocycles. The number of nitrogens with two attached hydrogens (primary N) is 1. The van der Waals surface area contributed by atoms with Crippen molar-refractivity contribution in [2.75, 3.05) is 19.1 Å². The standard InChI is InChI=1S/C14H20F2N2O2S.ClH/c1-18(13(19)12(17)7-8-21-2)9-10-3-5-11(6-4-10)20-14(15)16;/h3-6,12,14H,7-9,17H2,1-2H3;1H/t12-;/m0./s1. The Bertz CT molecular complexity index is 449. The zero-order chi connectivity index (χ0) is 15.8. The van der Waals surface area contributed by atoms with E-state index in [0.717, 1.165) is 11.3 Å². The van der Waals surface area contributed by atoms with Crippen LogP contribution in [0.2, 0.25) is 0 Å². The lowest BCUT2D eigenvalue weighted by atomic mass is 10.1. The summed E-state index contributed by atoms with van der Waals surface area (Å²) < 4.78 is 28.3. The molecule has 0 aromatic heterocycles. The maximum Gasteiger partial charge on any atom is 0.387 e. The lowest BCUT2D eigenvalue weighted by molar-refractivity contribution is -0.131. The van der Waals surface area contributed by atoms with Gasteiger partial charge in [0.2, 0.25) is 5.91 Å². The Morgan fingerprint density at radius 3 is 2.45 bits per heavy atom. The Labute approximate surface area is 139 Å². The molecule has 1 aromatic carbocycles. The number of rotatable bonds is 8. The van der Waals surface area contributed by atoms with Gasteiger partial charge < -0.3 is 15.4 Å². The van der Waals surface area contributed by atoms with Crippen LogP contribution in [0.3, 0.4) is 0 Å². The van der Waals surface area contributed by atoms with Gasteiger partial charge in [0.1, 0.15) is 5.75 Å². The minimum atomic E-state index is -2.84. The second kappa shape index (κ2) is 10.6. The molecule has 1 atom stereocenters. The number of amides is 1. The molecule has 4 nitrogen and oxygen atoms in total. The highest BCUT2D eigenvalue weighted by Crippen LogP contribution is 2.16. The number of carbonyl (C=O) groups excluding carboxylic acids is 1. The van der Waals surface area contributed by atoms with Crippen molar-refractivity contribution in [1.82, 2.24) is 4.90 Å². The minimum Gasteiger partial charge on any atom is -0.435 e. The van der Waals surface area contributed by atoms with E-state index in [1.54, 1.807) is 30.9 Å². The van der Waals surface area contributed by atoms with Crippen LogP contribution in [0.25, 0.3) is 0 Å². The third kappa shape index (κ3) is 7.29. The number of nitrogens with zero attached hydrogens (tertiary/aromatic N) is 1. The number of likely N-dealkylation sites (N-methyl/N-ethyl adjacent to an activating group) is 1. The van der Waals surface area contributed by atoms with E-state index >= 15 is 0 Å². The Kier molecular flexibility index (Phi) is 10.1. The number of benzene rings is 1. The van der Waals surface area contributed by atoms with E-state index in [9.17, 15) is 13.6 Å². The van der Waals surface area contributed by atoms with Crippen molar-refractivity contribution in [3.8, 4) is 5.75 Å². The second-order valence-corrected chi connectivity index (χ2v) is 5.59. The van der Waals surface area contributed by atoms with Crippen LogP contribution < -0.4 is 10.5 Å². The molecule has 2 N–H and O–H groups in total. The molecular weight excluding hydrogens is 334 g/mol. The summed E-state index contributed by atoms with van der Waals surface area (Å²) in [4.78, 5) is 13.6. The van der Waals surface area contributed by atoms with Gasteiger partial charge in [0.15, 0.2) is 0 Å². The van der Waals surface area contributed by atoms with Crippen LogP contribution in [0.1, 0.15) is 12.0 Å². The Morgan fingerprint density at radius 2 is 1.95 bits per heavy atom. The summed E-state index contributed by atoms with van der Waals surface area (Å²) in [6, 6.07) is 5.69. The van der Waals surface area contributed by atoms with Crippen LogP contribution in [0.4, 0.5) is 8.78 Å². The minimum absolute atomic E-state index is 0. The van der Waals surface area contributed by atoms with E-state index in [1.807, 2.05) is 6.26 Å². The van der Waals surface area contributed by atoms with E-state index in [1.165, 1.54) is 17.0 Å². The van der Waals surface area contributed by atoms with E-state index < -0.39 is 12.7 Å². The lowest BCUT2D eigenvalue weighted by Crippen LogP contribution is -2.41. The van der Waals surface area contributed by atoms with Crippen molar-refractivity contribution in [2.24, 2.45) is 5.73 Å². The summed E-state index contributed by atoms with van der Waals surface area (Å²) in [7, 11) is 1.67. The number of hydrogen-bond donors (Lipinski definition) is 1. The molecule has 0 bridgehead atoms. The molecule has 22 heavy (non-hydrogen) atoms. The van der Waals surface area contributed by atoms with Crippen molar-refractivity contribution in [1.29, 1.82) is 0 Å². The molecule has 0 unspecified atom stereocenters. The molecule has 0 aliphatic rings. The first kappa shape index (κ1) is 20.9. The molecule has 1 aromatic rings. The number of hydrogen-bond acceptors (Lipinski definition) is 4. The lowest BCUT2D eigenvalue weighted by Gasteiger charge is -2.21. The molecule has 0 radical (unpaired) electrons. The van der Waals surface area contributed by atoms with Gasteiger partial charge in [0.25, 0.3) is 0 Å². The first-order valence-corrected chi connectivity index (χ1v) is 7.86. The molecule has 1 rings (SSSR count). The quantitative estimate of drug-likeness (QED) is 0.780. The molecule has 0 heterocycles. The van der Waals surface area contributed by atoms with Crippen LogP contribution in [0.5, 0.6) is 5.75 Å². The number of halogens is 3. The van der Waals surface area contributed by atoms with Crippen LogP contribution >= 0.6 is 24.2 Å². The van der Waals surface area contributed by atoms with Crippen LogP contribution in [0, 0.1) is 0 Å². The van der Waals surface area contributed by atoms with E-state index in [2.05, 4.69) is 4.74 Å². The van der Waals surface area contributed by atoms with Crippen molar-refractivity contribution < 1.29 is 18.3 Å². The summed E-state index contributed by atoms with van der Waals surface area (Å²) in [5.74, 6) is 0.803. The monoisotopic (exact) mass is 354 g/mol. The van der Waals surface area contributed by atoms with Gasteiger partial charge in [-0.2, -0.15) is 20.5 Å². The highest BCUT2D eigenvalue weighted by molar-refractivity contribution is 7.98. The topological polar surface area (TPSA) is 55.6 Å². The number of ether oxygens (including phenoxy) is 1. The third-order valence-electron chi connectivity index (χ3n) is 2.89. The van der Waals surface area contributed by atoms with Crippen LogP contribution in [-0.4, -0.2) is 42.5 Å². The van der Waals surface area contributed by atoms with Crippen molar-refractivity contribution in [3.05, 3.63) is 29.8 Å². The van der Waals surface area contributed by atoms with E-state index in [4.69, 9.17) is 5.73 Å². The second-order valence-electron chi connectivity index (χ2n) is 4.60. The van der Waals surface area contributed by atoms with Crippen LogP contribution in [-0.2, 0) is 11.3 Å². The van der Waals surface area contributed by atoms with Crippen molar-refractivity contribution in [2.45, 2.75) is 25.6 Å². The summed E-state index contributed by atoms with van der Waals surface area (Å²) in [5.41, 5.74) is 6.65. The molecule has 0 saturated heterocycles. The van der Waals surface area contributed by atoms with Gasteiger partial charge in [-0.1, -0.05) is 12.1 Å². The Balaban J connectivity index is 0.00000441. The summed E-state index contributed by atoms with van der Waals surface area (Å²) >= 11 is 1.64. The number of carbonyl (C=O) groups is 1. The summed E-state index contributed by atoms with van der Waals surface area (Å²) in [5, 5.41) is 0. The molecule has 0 spiro atoms. The average molecular weight is 355 g/mol. The highest BCUT2D eigenvalue weighted by atomic mass is 35.5. The number of alkyl halides is 2. The van der Waals surface area contributed by atoms with E-state index in [0.29, 0.717) is 13.0 Å². The average Bonchev–Trinajstić information content (AvgIpc) is 2.45. The van der Waals surface area contributed by atoms with E-state index in [-0.39, 0.29) is 24.1 Å². The molecule has 1 amide bonds. The van der Waals surface area contributed by atoms with Gasteiger partial charge in [0.05, 0.1) is 6.04 Å². The van der Waals surface area contributed by atoms with Crippen LogP contribution in [0.15, 0.2) is 24.3 Å². The zero-order valence-corrected chi connectivity index (χ0v) is 14.1. The largest absolute Gasteiger partial charge is 0.435 e. The maximum absolute atomic E-state index is 12.0. The first-order chi connectivity index (χ1) is 9.93. The molecule has 0 saturated carbocycles. The molecule has 0 aliphatic heterocycles. The van der Waals surface area contributed by atoms with Gasteiger partial charge in [0, 0.05) is 13.6 Å². The normalized spacial score (nSPS) is 11.7. The fourth-order valence-electron chi connectivity index (χ4n) is 1.78. The Morgan fingerprint density at radius 1 is 1.36 bits per heavy atom. The smallest absolute Gasteiger partial charge is 0.387 e. The SMILES string of the molecule is CSCC[C@H](N)C(=O)N(C)Cc1ccc(OC(F)F)cc1.Cl. The van der Waals surface area contributed by atoms with Gasteiger partial charge in [-0.25, -0.2) is 0 Å². The van der Waals surface area contributed by atoms with Gasteiger partial charge in [-0.3, -0.25) is 4.79 Å². The molecule has 8 heteroatoms. The summed E-state index contributed by atoms with van der Waals surface area (Å²) in [6.45, 7) is -2.46. The maximum atomic E-state index is 12.0. The summed E-state index contributed by atoms with van der Waals surface area (Å²) in [6.07, 6.45) is 2.59. The fourth-order valence-corrected chi connectivity index (χ4v) is 2.27. The zero-order valence-electron chi connectivity index (χ0n) is 12.5. The number of thioether (sulfide) groups is 1. The predicted octanol–water partition coefficient (Wildman–Crippen LogP) is 2.75. The third-order valence-corrected chi connectivity index (χ3v) is 3.54.